The quantitative estimate of drug-likeness (QED) is 0.895. The van der Waals surface area contributed by atoms with Gasteiger partial charge >= 0.3 is 0 Å². The highest BCUT2D eigenvalue weighted by Gasteiger charge is 2.23. The second-order valence-corrected chi connectivity index (χ2v) is 6.17. The summed E-state index contributed by atoms with van der Waals surface area (Å²) in [7, 11) is 1.49. The predicted octanol–water partition coefficient (Wildman–Crippen LogP) is 4.27. The molecule has 124 valence electrons. The number of nitrogens with zero attached hydrogens (tertiary/aromatic N) is 2. The average Bonchev–Trinajstić information content (AvgIpc) is 2.74. The maximum Gasteiger partial charge on any atom is 0.262 e. The lowest BCUT2D eigenvalue weighted by atomic mass is 9.85. The van der Waals surface area contributed by atoms with Crippen molar-refractivity contribution in [3.8, 4) is 0 Å². The van der Waals surface area contributed by atoms with Gasteiger partial charge in [0.1, 0.15) is 5.56 Å². The van der Waals surface area contributed by atoms with E-state index in [0.29, 0.717) is 17.5 Å². The van der Waals surface area contributed by atoms with Crippen LogP contribution in [0.4, 0.5) is 10.1 Å². The van der Waals surface area contributed by atoms with Crippen LogP contribution in [0, 0.1) is 18.8 Å². The molecule has 1 aromatic heterocycles. The van der Waals surface area contributed by atoms with E-state index in [0.717, 1.165) is 22.4 Å². The van der Waals surface area contributed by atoms with E-state index in [1.165, 1.54) is 7.05 Å². The first-order chi connectivity index (χ1) is 10.9. The summed E-state index contributed by atoms with van der Waals surface area (Å²) in [4.78, 5) is 12.5. The fourth-order valence-corrected chi connectivity index (χ4v) is 3.06. The maximum absolute atomic E-state index is 14.1. The minimum Gasteiger partial charge on any atom is -0.322 e. The first-order valence-corrected chi connectivity index (χ1v) is 7.96. The molecule has 23 heavy (non-hydrogen) atoms. The van der Waals surface area contributed by atoms with Crippen LogP contribution in [0.15, 0.2) is 24.3 Å². The topological polar surface area (TPSA) is 46.9 Å². The van der Waals surface area contributed by atoms with Crippen LogP contribution in [0.2, 0.25) is 0 Å². The molecule has 0 spiro atoms. The van der Waals surface area contributed by atoms with Gasteiger partial charge in [-0.3, -0.25) is 4.79 Å². The van der Waals surface area contributed by atoms with Gasteiger partial charge in [-0.05, 0) is 36.8 Å². The molecular formula is C18H24FN3O. The molecule has 0 saturated carbocycles. The summed E-state index contributed by atoms with van der Waals surface area (Å²) in [6.45, 7) is 8.09. The normalized spacial score (nSPS) is 12.5. The van der Waals surface area contributed by atoms with Gasteiger partial charge in [0.15, 0.2) is 0 Å². The van der Waals surface area contributed by atoms with Crippen molar-refractivity contribution in [2.24, 2.45) is 13.0 Å². The Morgan fingerprint density at radius 2 is 2.00 bits per heavy atom. The van der Waals surface area contributed by atoms with E-state index in [1.54, 1.807) is 6.92 Å². The maximum atomic E-state index is 14.1. The van der Waals surface area contributed by atoms with Gasteiger partial charge in [0.25, 0.3) is 5.91 Å². The Bertz CT molecular complexity index is 706. The molecule has 1 N–H and O–H groups in total. The molecule has 0 saturated heterocycles. The summed E-state index contributed by atoms with van der Waals surface area (Å²) in [5.41, 5.74) is 2.21. The van der Waals surface area contributed by atoms with Gasteiger partial charge in [-0.25, -0.2) is 4.68 Å². The minimum atomic E-state index is -0.617. The number of hydrogen-bond donors (Lipinski definition) is 1. The molecule has 0 fully saturated rings. The van der Waals surface area contributed by atoms with Crippen LogP contribution in [0.5, 0.6) is 0 Å². The lowest BCUT2D eigenvalue weighted by Gasteiger charge is -2.22. The highest BCUT2D eigenvalue weighted by Crippen LogP contribution is 2.33. The molecule has 1 aromatic carbocycles. The third kappa shape index (κ3) is 3.44. The van der Waals surface area contributed by atoms with E-state index < -0.39 is 11.9 Å². The van der Waals surface area contributed by atoms with Crippen LogP contribution in [0.1, 0.15) is 54.7 Å². The van der Waals surface area contributed by atoms with E-state index in [-0.39, 0.29) is 5.56 Å². The van der Waals surface area contributed by atoms with E-state index in [1.807, 2.05) is 24.3 Å². The molecule has 2 rings (SSSR count). The fraction of sp³-hybridized carbons (Fsp3) is 0.444. The smallest absolute Gasteiger partial charge is 0.262 e. The average molecular weight is 317 g/mol. The van der Waals surface area contributed by atoms with E-state index in [2.05, 4.69) is 31.2 Å². The summed E-state index contributed by atoms with van der Waals surface area (Å²) < 4.78 is 15.2. The molecule has 1 unspecified atom stereocenters. The van der Waals surface area contributed by atoms with Crippen molar-refractivity contribution >= 4 is 11.6 Å². The largest absolute Gasteiger partial charge is 0.322 e. The van der Waals surface area contributed by atoms with Crippen molar-refractivity contribution < 1.29 is 9.18 Å². The predicted molar refractivity (Wildman–Crippen MR) is 90.2 cm³/mol. The molecule has 0 aliphatic rings. The van der Waals surface area contributed by atoms with Crippen molar-refractivity contribution in [1.29, 1.82) is 0 Å². The number of nitrogens with one attached hydrogen (secondary N) is 1. The number of carbonyl (C=O) groups excluding carboxylic acids is 1. The zero-order valence-electron chi connectivity index (χ0n) is 14.4. The van der Waals surface area contributed by atoms with Gasteiger partial charge in [0.05, 0.1) is 5.69 Å². The van der Waals surface area contributed by atoms with Crippen LogP contribution in [-0.4, -0.2) is 15.7 Å². The molecule has 4 nitrogen and oxygen atoms in total. The van der Waals surface area contributed by atoms with Gasteiger partial charge in [0, 0.05) is 12.7 Å². The summed E-state index contributed by atoms with van der Waals surface area (Å²) in [5, 5.41) is 6.82. The third-order valence-corrected chi connectivity index (χ3v) is 4.23. The standard InChI is InChI=1S/C18H24FN3O/c1-6-13(11(2)3)14-9-7-8-10-15(14)20-18(23)16-12(4)21-22(5)17(16)19/h7-11,13H,6H2,1-5H3,(H,20,23). The lowest BCUT2D eigenvalue weighted by Crippen LogP contribution is -2.17. The van der Waals surface area contributed by atoms with E-state index >= 15 is 0 Å². The Labute approximate surface area is 136 Å². The Morgan fingerprint density at radius 1 is 1.35 bits per heavy atom. The molecular weight excluding hydrogens is 293 g/mol. The number of aryl methyl sites for hydroxylation is 2. The zero-order valence-corrected chi connectivity index (χ0v) is 14.4. The highest BCUT2D eigenvalue weighted by molar-refractivity contribution is 6.05. The Morgan fingerprint density at radius 3 is 2.52 bits per heavy atom. The molecule has 5 heteroatoms. The second kappa shape index (κ2) is 6.94. The molecule has 0 aliphatic heterocycles. The van der Waals surface area contributed by atoms with Gasteiger partial charge in [-0.1, -0.05) is 39.0 Å². The minimum absolute atomic E-state index is 0.0000940. The number of amides is 1. The summed E-state index contributed by atoms with van der Waals surface area (Å²) in [5.74, 6) is -0.284. The van der Waals surface area contributed by atoms with E-state index in [9.17, 15) is 9.18 Å². The summed E-state index contributed by atoms with van der Waals surface area (Å²) >= 11 is 0. The molecule has 1 atom stereocenters. The highest BCUT2D eigenvalue weighted by atomic mass is 19.1. The Balaban J connectivity index is 2.35. The molecule has 1 heterocycles. The van der Waals surface area contributed by atoms with Gasteiger partial charge < -0.3 is 5.32 Å². The first kappa shape index (κ1) is 17.2. The number of aromatic nitrogens is 2. The second-order valence-electron chi connectivity index (χ2n) is 6.17. The van der Waals surface area contributed by atoms with Crippen LogP contribution >= 0.6 is 0 Å². The number of rotatable bonds is 5. The monoisotopic (exact) mass is 317 g/mol. The number of halogens is 1. The number of carbonyl (C=O) groups is 1. The molecule has 0 radical (unpaired) electrons. The molecule has 1 amide bonds. The van der Waals surface area contributed by atoms with Crippen LogP contribution in [0.3, 0.4) is 0 Å². The summed E-state index contributed by atoms with van der Waals surface area (Å²) in [6, 6.07) is 7.72. The van der Waals surface area contributed by atoms with E-state index in [4.69, 9.17) is 0 Å². The Kier molecular flexibility index (Phi) is 5.19. The van der Waals surface area contributed by atoms with Crippen LogP contribution in [0.25, 0.3) is 0 Å². The summed E-state index contributed by atoms with van der Waals surface area (Å²) in [6.07, 6.45) is 0.977. The SMILES string of the molecule is CCC(c1ccccc1NC(=O)c1c(C)nn(C)c1F)C(C)C. The number of hydrogen-bond acceptors (Lipinski definition) is 2. The first-order valence-electron chi connectivity index (χ1n) is 7.96. The number of para-hydroxylation sites is 1. The molecule has 0 bridgehead atoms. The van der Waals surface area contributed by atoms with Crippen molar-refractivity contribution in [2.45, 2.75) is 40.0 Å². The lowest BCUT2D eigenvalue weighted by molar-refractivity contribution is 0.102. The van der Waals surface area contributed by atoms with Crippen LogP contribution < -0.4 is 5.32 Å². The van der Waals surface area contributed by atoms with Crippen molar-refractivity contribution in [2.75, 3.05) is 5.32 Å². The van der Waals surface area contributed by atoms with Gasteiger partial charge in [-0.15, -0.1) is 0 Å². The third-order valence-electron chi connectivity index (χ3n) is 4.23. The number of benzene rings is 1. The molecule has 2 aromatic rings. The van der Waals surface area contributed by atoms with Gasteiger partial charge in [0.2, 0.25) is 5.95 Å². The van der Waals surface area contributed by atoms with Crippen molar-refractivity contribution in [3.63, 3.8) is 0 Å². The van der Waals surface area contributed by atoms with Gasteiger partial charge in [-0.2, -0.15) is 9.49 Å². The Hall–Kier alpha value is -2.17. The number of anilines is 1. The van der Waals surface area contributed by atoms with Crippen molar-refractivity contribution in [3.05, 3.63) is 47.0 Å². The fourth-order valence-electron chi connectivity index (χ4n) is 3.06. The molecule has 0 aliphatic carbocycles. The van der Waals surface area contributed by atoms with Crippen molar-refractivity contribution in [1.82, 2.24) is 9.78 Å². The zero-order chi connectivity index (χ0) is 17.1. The van der Waals surface area contributed by atoms with Crippen LogP contribution in [-0.2, 0) is 7.05 Å².